The molecule has 0 aliphatic heterocycles. The third-order valence-electron chi connectivity index (χ3n) is 2.82. The smallest absolute Gasteiger partial charge is 0.251 e. The number of amides is 1. The Morgan fingerprint density at radius 3 is 2.85 bits per heavy atom. The minimum Gasteiger partial charge on any atom is -0.395 e. The van der Waals surface area contributed by atoms with Crippen LogP contribution in [-0.2, 0) is 4.74 Å². The van der Waals surface area contributed by atoms with Gasteiger partial charge in [0.2, 0.25) is 0 Å². The lowest BCUT2D eigenvalue weighted by Crippen LogP contribution is -2.39. The van der Waals surface area contributed by atoms with Crippen molar-refractivity contribution in [3.05, 3.63) is 35.4 Å². The molecule has 20 heavy (non-hydrogen) atoms. The molecule has 0 aliphatic carbocycles. The molecule has 0 saturated heterocycles. The third kappa shape index (κ3) is 5.43. The first kappa shape index (κ1) is 16.2. The molecular weight excluding hydrogens is 254 g/mol. The van der Waals surface area contributed by atoms with Gasteiger partial charge in [-0.2, -0.15) is 0 Å². The predicted molar refractivity (Wildman–Crippen MR) is 78.4 cm³/mol. The summed E-state index contributed by atoms with van der Waals surface area (Å²) in [6, 6.07) is 7.10. The van der Waals surface area contributed by atoms with Crippen LogP contribution in [0.3, 0.4) is 0 Å². The average Bonchev–Trinajstić information content (AvgIpc) is 2.45. The van der Waals surface area contributed by atoms with E-state index < -0.39 is 5.60 Å². The van der Waals surface area contributed by atoms with Gasteiger partial charge < -0.3 is 15.2 Å². The van der Waals surface area contributed by atoms with Crippen LogP contribution in [0.4, 0.5) is 0 Å². The predicted octanol–water partition coefficient (Wildman–Crippen LogP) is 1.58. The van der Waals surface area contributed by atoms with Crippen LogP contribution in [0.15, 0.2) is 24.3 Å². The van der Waals surface area contributed by atoms with Gasteiger partial charge in [-0.25, -0.2) is 0 Å². The molecule has 0 unspecified atom stereocenters. The lowest BCUT2D eigenvalue weighted by Gasteiger charge is -2.23. The fourth-order valence-electron chi connectivity index (χ4n) is 1.43. The number of hydrogen-bond acceptors (Lipinski definition) is 3. The zero-order valence-electron chi connectivity index (χ0n) is 12.2. The summed E-state index contributed by atoms with van der Waals surface area (Å²) in [5.74, 6) is 5.59. The molecule has 0 fully saturated rings. The molecule has 2 N–H and O–H groups in total. The third-order valence-corrected chi connectivity index (χ3v) is 2.82. The van der Waals surface area contributed by atoms with Gasteiger partial charge >= 0.3 is 0 Å². The van der Waals surface area contributed by atoms with E-state index in [4.69, 9.17) is 9.84 Å². The number of ether oxygens (including phenoxy) is 1. The molecule has 0 aromatic heterocycles. The summed E-state index contributed by atoms with van der Waals surface area (Å²) in [6.07, 6.45) is 0.429. The molecular formula is C16H21NO3. The fourth-order valence-corrected chi connectivity index (χ4v) is 1.43. The second kappa shape index (κ2) is 7.68. The van der Waals surface area contributed by atoms with Gasteiger partial charge in [-0.3, -0.25) is 4.79 Å². The summed E-state index contributed by atoms with van der Waals surface area (Å²) in [5.41, 5.74) is 0.929. The Morgan fingerprint density at radius 2 is 2.20 bits per heavy atom. The molecule has 0 heterocycles. The van der Waals surface area contributed by atoms with Gasteiger partial charge in [0.25, 0.3) is 5.91 Å². The van der Waals surface area contributed by atoms with Crippen molar-refractivity contribution in [1.29, 1.82) is 0 Å². The van der Waals surface area contributed by atoms with Gasteiger partial charge in [-0.05, 0) is 32.0 Å². The van der Waals surface area contributed by atoms with Crippen LogP contribution in [0, 0.1) is 11.8 Å². The van der Waals surface area contributed by atoms with Crippen LogP contribution in [0.25, 0.3) is 0 Å². The van der Waals surface area contributed by atoms with E-state index in [-0.39, 0.29) is 12.5 Å². The highest BCUT2D eigenvalue weighted by Crippen LogP contribution is 2.07. The maximum Gasteiger partial charge on any atom is 0.251 e. The number of hydrogen-bond donors (Lipinski definition) is 2. The zero-order valence-corrected chi connectivity index (χ0v) is 12.2. The molecule has 0 spiro atoms. The number of aliphatic hydroxyl groups excluding tert-OH is 1. The molecule has 0 atom stereocenters. The largest absolute Gasteiger partial charge is 0.395 e. The molecule has 1 aromatic carbocycles. The summed E-state index contributed by atoms with van der Waals surface area (Å²) in [5, 5.41) is 11.5. The van der Waals surface area contributed by atoms with Crippen molar-refractivity contribution in [2.45, 2.75) is 25.9 Å². The second-order valence-corrected chi connectivity index (χ2v) is 5.00. The number of methoxy groups -OCH3 is 1. The van der Waals surface area contributed by atoms with Crippen molar-refractivity contribution in [1.82, 2.24) is 5.32 Å². The molecule has 1 amide bonds. The van der Waals surface area contributed by atoms with Crippen LogP contribution in [0.1, 0.15) is 36.2 Å². The van der Waals surface area contributed by atoms with E-state index in [0.29, 0.717) is 18.5 Å². The van der Waals surface area contributed by atoms with Gasteiger partial charge in [0.15, 0.2) is 0 Å². The normalized spacial score (nSPS) is 10.6. The Morgan fingerprint density at radius 1 is 1.45 bits per heavy atom. The van der Waals surface area contributed by atoms with Crippen molar-refractivity contribution >= 4 is 5.91 Å². The Hall–Kier alpha value is -1.83. The van der Waals surface area contributed by atoms with E-state index in [1.165, 1.54) is 0 Å². The molecule has 1 rings (SSSR count). The van der Waals surface area contributed by atoms with E-state index in [9.17, 15) is 4.79 Å². The summed E-state index contributed by atoms with van der Waals surface area (Å²) >= 11 is 0. The van der Waals surface area contributed by atoms with E-state index in [1.54, 1.807) is 25.3 Å². The van der Waals surface area contributed by atoms with E-state index in [2.05, 4.69) is 17.2 Å². The Balaban J connectivity index is 2.70. The Labute approximate surface area is 120 Å². The SMILES string of the molecule is COC(C)(C)CNC(=O)c1cccc(C#CCCO)c1. The monoisotopic (exact) mass is 275 g/mol. The molecule has 4 nitrogen and oxygen atoms in total. The number of carbonyl (C=O) groups is 1. The number of nitrogens with one attached hydrogen (secondary N) is 1. The number of benzene rings is 1. The number of aliphatic hydroxyl groups is 1. The molecule has 0 saturated carbocycles. The van der Waals surface area contributed by atoms with Crippen LogP contribution >= 0.6 is 0 Å². The van der Waals surface area contributed by atoms with Crippen LogP contribution in [0.5, 0.6) is 0 Å². The first-order chi connectivity index (χ1) is 9.48. The quantitative estimate of drug-likeness (QED) is 0.802. The highest BCUT2D eigenvalue weighted by Gasteiger charge is 2.17. The van der Waals surface area contributed by atoms with Gasteiger partial charge in [0.05, 0.1) is 12.2 Å². The second-order valence-electron chi connectivity index (χ2n) is 5.00. The van der Waals surface area contributed by atoms with Gasteiger partial charge in [0.1, 0.15) is 0 Å². The zero-order chi connectivity index (χ0) is 15.0. The fraction of sp³-hybridized carbons (Fsp3) is 0.438. The van der Waals surface area contributed by atoms with Crippen molar-refractivity contribution in [3.8, 4) is 11.8 Å². The molecule has 108 valence electrons. The molecule has 0 bridgehead atoms. The minimum absolute atomic E-state index is 0.0409. The summed E-state index contributed by atoms with van der Waals surface area (Å²) < 4.78 is 5.25. The van der Waals surface area contributed by atoms with Gasteiger partial charge in [-0.1, -0.05) is 17.9 Å². The topological polar surface area (TPSA) is 58.6 Å². The highest BCUT2D eigenvalue weighted by atomic mass is 16.5. The first-order valence-electron chi connectivity index (χ1n) is 6.51. The maximum atomic E-state index is 12.0. The Kier molecular flexibility index (Phi) is 6.23. The molecule has 1 aromatic rings. The van der Waals surface area contributed by atoms with Gasteiger partial charge in [-0.15, -0.1) is 0 Å². The van der Waals surface area contributed by atoms with Crippen LogP contribution in [0.2, 0.25) is 0 Å². The van der Waals surface area contributed by atoms with Crippen molar-refractivity contribution in [2.24, 2.45) is 0 Å². The molecule has 0 aliphatic rings. The minimum atomic E-state index is -0.395. The van der Waals surface area contributed by atoms with Crippen LogP contribution < -0.4 is 5.32 Å². The molecule has 4 heteroatoms. The number of carbonyl (C=O) groups excluding carboxylic acids is 1. The van der Waals surface area contributed by atoms with Crippen LogP contribution in [-0.4, -0.2) is 36.9 Å². The van der Waals surface area contributed by atoms with Gasteiger partial charge in [0, 0.05) is 31.2 Å². The standard InChI is InChI=1S/C16H21NO3/c1-16(2,20-3)12-17-15(19)14-9-6-8-13(11-14)7-4-5-10-18/h6,8-9,11,18H,5,10,12H2,1-3H3,(H,17,19). The highest BCUT2D eigenvalue weighted by molar-refractivity contribution is 5.94. The van der Waals surface area contributed by atoms with E-state index in [1.807, 2.05) is 19.9 Å². The maximum absolute atomic E-state index is 12.0. The van der Waals surface area contributed by atoms with Crippen molar-refractivity contribution < 1.29 is 14.6 Å². The van der Waals surface area contributed by atoms with E-state index in [0.717, 1.165) is 5.56 Å². The number of rotatable bonds is 5. The first-order valence-corrected chi connectivity index (χ1v) is 6.51. The molecule has 0 radical (unpaired) electrons. The Bertz CT molecular complexity index is 512. The lowest BCUT2D eigenvalue weighted by atomic mass is 10.1. The summed E-state index contributed by atoms with van der Waals surface area (Å²) in [4.78, 5) is 12.0. The summed E-state index contributed by atoms with van der Waals surface area (Å²) in [6.45, 7) is 4.29. The van der Waals surface area contributed by atoms with E-state index >= 15 is 0 Å². The van der Waals surface area contributed by atoms with Crippen molar-refractivity contribution in [3.63, 3.8) is 0 Å². The summed E-state index contributed by atoms with van der Waals surface area (Å²) in [7, 11) is 1.61. The average molecular weight is 275 g/mol. The van der Waals surface area contributed by atoms with Crippen molar-refractivity contribution in [2.75, 3.05) is 20.3 Å². The lowest BCUT2D eigenvalue weighted by molar-refractivity contribution is 0.0229.